The van der Waals surface area contributed by atoms with Crippen molar-refractivity contribution in [1.29, 1.82) is 0 Å². The Morgan fingerprint density at radius 1 is 1.86 bits per heavy atom. The number of nitrogens with zero attached hydrogens (tertiary/aromatic N) is 1. The molecule has 0 spiro atoms. The Morgan fingerprint density at radius 3 is 3.00 bits per heavy atom. The molecule has 0 amide bonds. The van der Waals surface area contributed by atoms with Gasteiger partial charge in [0.15, 0.2) is 0 Å². The van der Waals surface area contributed by atoms with Crippen LogP contribution in [0.5, 0.6) is 0 Å². The first-order chi connectivity index (χ1) is 3.41. The van der Waals surface area contributed by atoms with Gasteiger partial charge in [-0.1, -0.05) is 23.4 Å². The SMILES string of the molecule is C=CSC=N[NH2+]C. The normalized spacial score (nSPS) is 9.86. The van der Waals surface area contributed by atoms with Gasteiger partial charge in [0.05, 0.1) is 7.05 Å². The maximum atomic E-state index is 3.80. The van der Waals surface area contributed by atoms with Crippen LogP contribution in [0.1, 0.15) is 0 Å². The van der Waals surface area contributed by atoms with Gasteiger partial charge in [0.1, 0.15) is 5.55 Å². The smallest absolute Gasteiger partial charge is 0.119 e. The lowest BCUT2D eigenvalue weighted by Crippen LogP contribution is -2.72. The van der Waals surface area contributed by atoms with Crippen LogP contribution >= 0.6 is 11.8 Å². The summed E-state index contributed by atoms with van der Waals surface area (Å²) in [6.07, 6.45) is 0. The topological polar surface area (TPSA) is 29.0 Å². The summed E-state index contributed by atoms with van der Waals surface area (Å²) in [7, 11) is 1.88. The summed E-state index contributed by atoms with van der Waals surface area (Å²) in [5, 5.41) is 5.53. The second-order valence-corrected chi connectivity index (χ2v) is 1.63. The van der Waals surface area contributed by atoms with Crippen LogP contribution in [-0.4, -0.2) is 12.6 Å². The fraction of sp³-hybridized carbons (Fsp3) is 0.250. The third-order valence-corrected chi connectivity index (χ3v) is 0.803. The fourth-order valence-electron chi connectivity index (χ4n) is 0.139. The van der Waals surface area contributed by atoms with E-state index in [0.29, 0.717) is 0 Å². The zero-order valence-corrected chi connectivity index (χ0v) is 5.11. The molecule has 0 bridgehead atoms. The average Bonchev–Trinajstić information content (AvgIpc) is 1.69. The van der Waals surface area contributed by atoms with E-state index in [0.717, 1.165) is 0 Å². The Balaban J connectivity index is 2.92. The molecule has 2 N–H and O–H groups in total. The number of hydrogen-bond donors (Lipinski definition) is 1. The van der Waals surface area contributed by atoms with Crippen molar-refractivity contribution in [3.05, 3.63) is 12.0 Å². The average molecular weight is 117 g/mol. The number of rotatable bonds is 3. The second-order valence-electron chi connectivity index (χ2n) is 0.815. The highest BCUT2D eigenvalue weighted by molar-refractivity contribution is 8.14. The van der Waals surface area contributed by atoms with Crippen molar-refractivity contribution in [2.45, 2.75) is 0 Å². The predicted octanol–water partition coefficient (Wildman–Crippen LogP) is -0.000400. The monoisotopic (exact) mass is 117 g/mol. The fourth-order valence-corrected chi connectivity index (χ4v) is 0.417. The van der Waals surface area contributed by atoms with Gasteiger partial charge in [-0.15, -0.1) is 0 Å². The summed E-state index contributed by atoms with van der Waals surface area (Å²) in [6.45, 7) is 3.49. The van der Waals surface area contributed by atoms with E-state index in [1.165, 1.54) is 11.8 Å². The van der Waals surface area contributed by atoms with Crippen LogP contribution in [-0.2, 0) is 0 Å². The summed E-state index contributed by atoms with van der Waals surface area (Å²) < 4.78 is 0. The summed E-state index contributed by atoms with van der Waals surface area (Å²) >= 11 is 1.47. The van der Waals surface area contributed by atoms with E-state index in [9.17, 15) is 0 Å². The summed E-state index contributed by atoms with van der Waals surface area (Å²) in [6, 6.07) is 0. The van der Waals surface area contributed by atoms with Crippen molar-refractivity contribution in [2.24, 2.45) is 5.10 Å². The molecule has 0 aromatic heterocycles. The van der Waals surface area contributed by atoms with Crippen molar-refractivity contribution in [2.75, 3.05) is 7.05 Å². The van der Waals surface area contributed by atoms with Crippen LogP contribution in [0, 0.1) is 0 Å². The molecule has 40 valence electrons. The third kappa shape index (κ3) is 5.72. The van der Waals surface area contributed by atoms with E-state index >= 15 is 0 Å². The van der Waals surface area contributed by atoms with Gasteiger partial charge in [-0.25, -0.2) is 5.43 Å². The van der Waals surface area contributed by atoms with Gasteiger partial charge in [0.2, 0.25) is 0 Å². The minimum absolute atomic E-state index is 1.47. The standard InChI is InChI=1S/C4H8N2S/c1-3-7-4-6-5-2/h3-5H,1H2,2H3/p+1. The zero-order valence-electron chi connectivity index (χ0n) is 4.29. The molecule has 0 atom stereocenters. The van der Waals surface area contributed by atoms with Crippen LogP contribution in [0.15, 0.2) is 17.1 Å². The van der Waals surface area contributed by atoms with Gasteiger partial charge in [0.25, 0.3) is 0 Å². The Hall–Kier alpha value is -0.280. The minimum atomic E-state index is 1.47. The first kappa shape index (κ1) is 6.72. The highest BCUT2D eigenvalue weighted by Crippen LogP contribution is 1.89. The molecule has 0 rings (SSSR count). The Bertz CT molecular complexity index is 70.1. The molecule has 0 saturated heterocycles. The molecule has 3 heteroatoms. The number of hydrogen-bond acceptors (Lipinski definition) is 2. The van der Waals surface area contributed by atoms with Crippen LogP contribution in [0.25, 0.3) is 0 Å². The van der Waals surface area contributed by atoms with E-state index in [1.807, 2.05) is 7.05 Å². The summed E-state index contributed by atoms with van der Waals surface area (Å²) in [4.78, 5) is 0. The van der Waals surface area contributed by atoms with E-state index in [4.69, 9.17) is 0 Å². The molecular formula is C4H9N2S+. The number of nitrogens with two attached hydrogens (primary N) is 1. The van der Waals surface area contributed by atoms with Gasteiger partial charge in [-0.05, 0) is 5.41 Å². The molecule has 0 radical (unpaired) electrons. The molecule has 0 aliphatic rings. The van der Waals surface area contributed by atoms with Crippen LogP contribution in [0.4, 0.5) is 0 Å². The van der Waals surface area contributed by atoms with Crippen molar-refractivity contribution >= 4 is 17.3 Å². The van der Waals surface area contributed by atoms with Gasteiger partial charge < -0.3 is 0 Å². The van der Waals surface area contributed by atoms with Crippen molar-refractivity contribution < 1.29 is 5.43 Å². The summed E-state index contributed by atoms with van der Waals surface area (Å²) in [5.74, 6) is 0. The molecule has 0 heterocycles. The quantitative estimate of drug-likeness (QED) is 0.240. The first-order valence-electron chi connectivity index (χ1n) is 1.97. The summed E-state index contributed by atoms with van der Waals surface area (Å²) in [5.41, 5.74) is 3.46. The van der Waals surface area contributed by atoms with Crippen molar-refractivity contribution in [1.82, 2.24) is 0 Å². The molecule has 0 aliphatic heterocycles. The maximum absolute atomic E-state index is 3.80. The highest BCUT2D eigenvalue weighted by atomic mass is 32.2. The highest BCUT2D eigenvalue weighted by Gasteiger charge is 1.65. The third-order valence-electron chi connectivity index (χ3n) is 0.367. The first-order valence-corrected chi connectivity index (χ1v) is 2.92. The molecule has 2 nitrogen and oxygen atoms in total. The van der Waals surface area contributed by atoms with Crippen LogP contribution < -0.4 is 5.43 Å². The van der Waals surface area contributed by atoms with E-state index in [2.05, 4.69) is 11.7 Å². The maximum Gasteiger partial charge on any atom is 0.119 e. The van der Waals surface area contributed by atoms with Gasteiger partial charge in [-0.2, -0.15) is 0 Å². The van der Waals surface area contributed by atoms with Crippen molar-refractivity contribution in [3.8, 4) is 0 Å². The molecule has 0 aromatic carbocycles. The van der Waals surface area contributed by atoms with Crippen LogP contribution in [0.3, 0.4) is 0 Å². The molecule has 0 unspecified atom stereocenters. The Morgan fingerprint density at radius 2 is 2.57 bits per heavy atom. The number of thioether (sulfide) groups is 1. The lowest BCUT2D eigenvalue weighted by atomic mass is 11.3. The molecule has 7 heavy (non-hydrogen) atoms. The van der Waals surface area contributed by atoms with Crippen LogP contribution in [0.2, 0.25) is 0 Å². The largest absolute Gasteiger partial charge is 0.222 e. The molecule has 0 fully saturated rings. The molecule has 0 aromatic rings. The second kappa shape index (κ2) is 5.72. The zero-order chi connectivity index (χ0) is 5.54. The van der Waals surface area contributed by atoms with Gasteiger partial charge >= 0.3 is 0 Å². The van der Waals surface area contributed by atoms with Crippen molar-refractivity contribution in [3.63, 3.8) is 0 Å². The lowest BCUT2D eigenvalue weighted by molar-refractivity contribution is -0.632. The Labute approximate surface area is 47.7 Å². The minimum Gasteiger partial charge on any atom is -0.222 e. The molecular weight excluding hydrogens is 108 g/mol. The van der Waals surface area contributed by atoms with E-state index in [-0.39, 0.29) is 0 Å². The molecule has 0 aliphatic carbocycles. The van der Waals surface area contributed by atoms with Gasteiger partial charge in [-0.3, -0.25) is 0 Å². The number of quaternary nitrogens is 1. The van der Waals surface area contributed by atoms with E-state index < -0.39 is 0 Å². The van der Waals surface area contributed by atoms with E-state index in [1.54, 1.807) is 16.4 Å². The molecule has 0 saturated carbocycles. The van der Waals surface area contributed by atoms with Gasteiger partial charge in [0, 0.05) is 0 Å². The predicted molar refractivity (Wildman–Crippen MR) is 34.1 cm³/mol. The lowest BCUT2D eigenvalue weighted by Gasteiger charge is -1.74. The Kier molecular flexibility index (Phi) is 5.49.